The molecule has 208 valence electrons. The van der Waals surface area contributed by atoms with Crippen LogP contribution in [-0.2, 0) is 6.18 Å². The molecule has 1 aliphatic heterocycles. The van der Waals surface area contributed by atoms with E-state index in [1.54, 1.807) is 19.1 Å². The molecule has 0 unspecified atom stereocenters. The maximum absolute atomic E-state index is 13.0. The van der Waals surface area contributed by atoms with E-state index in [0.717, 1.165) is 63.4 Å². The molecule has 2 amide bonds. The minimum absolute atomic E-state index is 0.0224. The smallest absolute Gasteiger partial charge is 0.361 e. The van der Waals surface area contributed by atoms with Crippen molar-refractivity contribution in [2.75, 3.05) is 62.3 Å². The Labute approximate surface area is 229 Å². The van der Waals surface area contributed by atoms with Crippen LogP contribution in [0.5, 0.6) is 0 Å². The fraction of sp³-hybridized carbons (Fsp3) is 0.370. The molecule has 8 nitrogen and oxygen atoms in total. The Bertz CT molecular complexity index is 1300. The van der Waals surface area contributed by atoms with Crippen LogP contribution in [0, 0.1) is 6.92 Å². The predicted octanol–water partition coefficient (Wildman–Crippen LogP) is 5.02. The van der Waals surface area contributed by atoms with Crippen LogP contribution in [0.15, 0.2) is 48.7 Å². The van der Waals surface area contributed by atoms with E-state index in [0.29, 0.717) is 15.7 Å². The molecular formula is C27H31F3N6O2S. The molecule has 1 fully saturated rings. The highest BCUT2D eigenvalue weighted by Gasteiger charge is 2.30. The minimum atomic E-state index is -4.52. The molecule has 0 saturated carbocycles. The largest absolute Gasteiger partial charge is 0.416 e. The van der Waals surface area contributed by atoms with Crippen molar-refractivity contribution in [3.8, 4) is 0 Å². The van der Waals surface area contributed by atoms with Gasteiger partial charge in [-0.2, -0.15) is 13.2 Å². The summed E-state index contributed by atoms with van der Waals surface area (Å²) in [6.45, 7) is 7.86. The Morgan fingerprint density at radius 3 is 2.54 bits per heavy atom. The molecule has 1 aliphatic rings. The van der Waals surface area contributed by atoms with E-state index in [1.807, 2.05) is 0 Å². The van der Waals surface area contributed by atoms with Crippen molar-refractivity contribution in [1.29, 1.82) is 0 Å². The summed E-state index contributed by atoms with van der Waals surface area (Å²) >= 11 is 1.24. The summed E-state index contributed by atoms with van der Waals surface area (Å²) < 4.78 is 39.0. The number of anilines is 3. The van der Waals surface area contributed by atoms with Gasteiger partial charge in [0.25, 0.3) is 11.8 Å². The summed E-state index contributed by atoms with van der Waals surface area (Å²) in [6.07, 6.45) is -2.04. The molecule has 1 aromatic heterocycles. The Balaban J connectivity index is 1.31. The topological polar surface area (TPSA) is 89.6 Å². The lowest BCUT2D eigenvalue weighted by molar-refractivity contribution is -0.137. The van der Waals surface area contributed by atoms with Crippen LogP contribution in [0.4, 0.5) is 29.7 Å². The molecule has 3 aromatic rings. The van der Waals surface area contributed by atoms with Crippen LogP contribution in [0.1, 0.15) is 37.6 Å². The molecule has 3 N–H and O–H groups in total. The molecule has 2 heterocycles. The Kier molecular flexibility index (Phi) is 9.20. The highest BCUT2D eigenvalue weighted by Crippen LogP contribution is 2.31. The number of aromatic nitrogens is 1. The molecular weight excluding hydrogens is 529 g/mol. The van der Waals surface area contributed by atoms with Crippen molar-refractivity contribution in [2.24, 2.45) is 0 Å². The number of benzene rings is 2. The number of halogens is 3. The second-order valence-corrected chi connectivity index (χ2v) is 10.5. The third-order valence-electron chi connectivity index (χ3n) is 6.45. The maximum atomic E-state index is 13.0. The van der Waals surface area contributed by atoms with Gasteiger partial charge >= 0.3 is 6.18 Å². The zero-order valence-corrected chi connectivity index (χ0v) is 22.6. The molecule has 1 saturated heterocycles. The minimum Gasteiger partial charge on any atom is -0.361 e. The third-order valence-corrected chi connectivity index (χ3v) is 7.40. The van der Waals surface area contributed by atoms with Gasteiger partial charge in [0.15, 0.2) is 5.13 Å². The number of alkyl halides is 3. The quantitative estimate of drug-likeness (QED) is 0.319. The number of carbonyl (C=O) groups excluding carboxylic acids is 2. The van der Waals surface area contributed by atoms with Crippen LogP contribution >= 0.6 is 11.3 Å². The Morgan fingerprint density at radius 1 is 1.03 bits per heavy atom. The molecule has 0 spiro atoms. The molecule has 39 heavy (non-hydrogen) atoms. The number of nitrogens with zero attached hydrogens (tertiary/aromatic N) is 3. The molecule has 0 aliphatic carbocycles. The van der Waals surface area contributed by atoms with Gasteiger partial charge in [-0.05, 0) is 62.8 Å². The number of hydrogen-bond acceptors (Lipinski definition) is 7. The maximum Gasteiger partial charge on any atom is 0.416 e. The van der Waals surface area contributed by atoms with Crippen molar-refractivity contribution in [3.05, 3.63) is 70.2 Å². The van der Waals surface area contributed by atoms with Crippen molar-refractivity contribution in [3.63, 3.8) is 0 Å². The summed E-state index contributed by atoms with van der Waals surface area (Å²) in [5.74, 6) is -0.956. The van der Waals surface area contributed by atoms with E-state index in [4.69, 9.17) is 0 Å². The van der Waals surface area contributed by atoms with Crippen LogP contribution < -0.4 is 16.0 Å². The van der Waals surface area contributed by atoms with E-state index < -0.39 is 17.6 Å². The van der Waals surface area contributed by atoms with E-state index in [-0.39, 0.29) is 17.2 Å². The van der Waals surface area contributed by atoms with Gasteiger partial charge in [-0.1, -0.05) is 23.5 Å². The van der Waals surface area contributed by atoms with Crippen molar-refractivity contribution in [2.45, 2.75) is 19.5 Å². The first-order chi connectivity index (χ1) is 18.6. The number of piperazine rings is 1. The van der Waals surface area contributed by atoms with E-state index in [9.17, 15) is 22.8 Å². The number of amides is 2. The first kappa shape index (κ1) is 28.5. The second kappa shape index (κ2) is 12.6. The fourth-order valence-corrected chi connectivity index (χ4v) is 4.83. The lowest BCUT2D eigenvalue weighted by Gasteiger charge is -2.32. The number of hydrogen-bond donors (Lipinski definition) is 3. The summed E-state index contributed by atoms with van der Waals surface area (Å²) in [4.78, 5) is 35.0. The van der Waals surface area contributed by atoms with Gasteiger partial charge in [0.05, 0.1) is 11.8 Å². The van der Waals surface area contributed by atoms with Crippen molar-refractivity contribution < 1.29 is 22.8 Å². The first-order valence-electron chi connectivity index (χ1n) is 12.6. The van der Waals surface area contributed by atoms with Crippen LogP contribution in [0.25, 0.3) is 0 Å². The van der Waals surface area contributed by atoms with Gasteiger partial charge in [0.2, 0.25) is 0 Å². The number of likely N-dealkylation sites (N-methyl/N-ethyl adjacent to an activating group) is 1. The van der Waals surface area contributed by atoms with Crippen molar-refractivity contribution >= 4 is 39.7 Å². The van der Waals surface area contributed by atoms with Crippen molar-refractivity contribution in [1.82, 2.24) is 14.8 Å². The normalized spacial score (nSPS) is 14.7. The average Bonchev–Trinajstić information content (AvgIpc) is 3.38. The van der Waals surface area contributed by atoms with Gasteiger partial charge in [-0.15, -0.1) is 0 Å². The lowest BCUT2D eigenvalue weighted by Crippen LogP contribution is -2.44. The van der Waals surface area contributed by atoms with Gasteiger partial charge in [0.1, 0.15) is 4.88 Å². The predicted molar refractivity (Wildman–Crippen MR) is 148 cm³/mol. The number of aryl methyl sites for hydroxylation is 1. The zero-order chi connectivity index (χ0) is 28.0. The molecule has 0 atom stereocenters. The number of nitrogens with one attached hydrogen (secondary N) is 3. The molecule has 2 aromatic carbocycles. The fourth-order valence-electron chi connectivity index (χ4n) is 4.09. The van der Waals surface area contributed by atoms with Gasteiger partial charge in [-0.25, -0.2) is 4.98 Å². The second-order valence-electron chi connectivity index (χ2n) is 9.47. The van der Waals surface area contributed by atoms with Crippen LogP contribution in [0.3, 0.4) is 0 Å². The van der Waals surface area contributed by atoms with Gasteiger partial charge in [0, 0.05) is 49.7 Å². The highest BCUT2D eigenvalue weighted by atomic mass is 32.1. The van der Waals surface area contributed by atoms with E-state index in [2.05, 4.69) is 37.8 Å². The first-order valence-corrected chi connectivity index (χ1v) is 13.4. The van der Waals surface area contributed by atoms with E-state index >= 15 is 0 Å². The third kappa shape index (κ3) is 8.01. The molecule has 4 rings (SSSR count). The Hall–Kier alpha value is -3.48. The Morgan fingerprint density at radius 2 is 1.79 bits per heavy atom. The van der Waals surface area contributed by atoms with Crippen LogP contribution in [-0.4, -0.2) is 72.9 Å². The number of thiazole rings is 1. The summed E-state index contributed by atoms with van der Waals surface area (Å²) in [5.41, 5.74) is 0.512. The zero-order valence-electron chi connectivity index (χ0n) is 21.8. The monoisotopic (exact) mass is 560 g/mol. The lowest BCUT2D eigenvalue weighted by atomic mass is 10.1. The summed E-state index contributed by atoms with van der Waals surface area (Å²) in [5, 5.41) is 9.21. The van der Waals surface area contributed by atoms with Crippen LogP contribution in [0.2, 0.25) is 0 Å². The number of carbonyl (C=O) groups is 2. The number of rotatable bonds is 9. The SMILES string of the molecule is Cc1ccc(C(=O)Nc2cccc(C(F)(F)F)c2)cc1NC(=O)c1cnc(NCCCN2CCN(C)CC2)s1. The summed E-state index contributed by atoms with van der Waals surface area (Å²) in [6, 6.07) is 9.12. The van der Waals surface area contributed by atoms with Gasteiger partial charge in [-0.3, -0.25) is 9.59 Å². The average molecular weight is 561 g/mol. The standard InChI is InChI=1S/C27H31F3N6O2S/c1-18-7-8-19(24(37)33-21-6-3-5-20(16-21)27(28,29)30)15-22(18)34-25(38)23-17-32-26(39-23)31-9-4-10-36-13-11-35(2)12-14-36/h3,5-8,15-17H,4,9-14H2,1-2H3,(H,31,32)(H,33,37)(H,34,38). The summed E-state index contributed by atoms with van der Waals surface area (Å²) in [7, 11) is 2.13. The van der Waals surface area contributed by atoms with Gasteiger partial charge < -0.3 is 25.8 Å². The molecule has 0 radical (unpaired) electrons. The molecule has 12 heteroatoms. The molecule has 0 bridgehead atoms. The van der Waals surface area contributed by atoms with E-state index in [1.165, 1.54) is 35.7 Å². The highest BCUT2D eigenvalue weighted by molar-refractivity contribution is 7.17.